The van der Waals surface area contributed by atoms with E-state index in [-0.39, 0.29) is 25.1 Å². The summed E-state index contributed by atoms with van der Waals surface area (Å²) < 4.78 is 23.7. The smallest absolute Gasteiger partial charge is 0.231 e. The zero-order chi connectivity index (χ0) is 10.1. The topological polar surface area (TPSA) is 38.7 Å². The van der Waals surface area contributed by atoms with Gasteiger partial charge in [-0.2, -0.15) is 0 Å². The molecule has 0 spiro atoms. The van der Waals surface area contributed by atoms with E-state index in [2.05, 4.69) is 0 Å². The molecule has 0 bridgehead atoms. The maximum atomic E-state index is 13.7. The molecule has 76 valence electrons. The summed E-state index contributed by atoms with van der Waals surface area (Å²) in [6.45, 7) is 1.72. The van der Waals surface area contributed by atoms with Crippen LogP contribution >= 0.6 is 0 Å². The molecule has 1 aromatic carbocycles. The third-order valence-electron chi connectivity index (χ3n) is 2.31. The molecule has 1 aliphatic rings. The summed E-state index contributed by atoms with van der Waals surface area (Å²) in [4.78, 5) is 0. The highest BCUT2D eigenvalue weighted by molar-refractivity contribution is 5.46. The van der Waals surface area contributed by atoms with Crippen molar-refractivity contribution in [1.29, 1.82) is 0 Å². The quantitative estimate of drug-likeness (QED) is 0.785. The molecular formula is C10H11FO3. The number of hydrogen-bond acceptors (Lipinski definition) is 3. The van der Waals surface area contributed by atoms with Gasteiger partial charge in [-0.05, 0) is 11.6 Å². The summed E-state index contributed by atoms with van der Waals surface area (Å²) in [7, 11) is 0. The summed E-state index contributed by atoms with van der Waals surface area (Å²) in [5.74, 6) is -0.0785. The number of ether oxygens (including phenoxy) is 2. The number of halogens is 1. The van der Waals surface area contributed by atoms with Crippen molar-refractivity contribution in [3.05, 3.63) is 23.5 Å². The first-order valence-electron chi connectivity index (χ1n) is 4.43. The lowest BCUT2D eigenvalue weighted by Crippen LogP contribution is -2.02. The van der Waals surface area contributed by atoms with Crippen molar-refractivity contribution in [3.63, 3.8) is 0 Å². The maximum Gasteiger partial charge on any atom is 0.231 e. The Kier molecular flexibility index (Phi) is 2.29. The van der Waals surface area contributed by atoms with Gasteiger partial charge in [-0.25, -0.2) is 4.39 Å². The second kappa shape index (κ2) is 3.46. The van der Waals surface area contributed by atoms with Crippen molar-refractivity contribution in [3.8, 4) is 11.5 Å². The summed E-state index contributed by atoms with van der Waals surface area (Å²) >= 11 is 0. The number of aliphatic hydroxyl groups is 1. The predicted molar refractivity (Wildman–Crippen MR) is 48.0 cm³/mol. The first-order chi connectivity index (χ1) is 6.74. The van der Waals surface area contributed by atoms with Crippen LogP contribution < -0.4 is 9.47 Å². The van der Waals surface area contributed by atoms with E-state index in [1.54, 1.807) is 19.1 Å². The van der Waals surface area contributed by atoms with Crippen molar-refractivity contribution in [2.75, 3.05) is 13.4 Å². The van der Waals surface area contributed by atoms with Crippen molar-refractivity contribution in [2.45, 2.75) is 12.8 Å². The van der Waals surface area contributed by atoms with Gasteiger partial charge in [0.25, 0.3) is 0 Å². The molecule has 0 aliphatic carbocycles. The van der Waals surface area contributed by atoms with Gasteiger partial charge in [-0.1, -0.05) is 13.0 Å². The number of hydrogen-bond donors (Lipinski definition) is 1. The molecule has 1 aliphatic heterocycles. The molecule has 0 radical (unpaired) electrons. The van der Waals surface area contributed by atoms with E-state index >= 15 is 0 Å². The van der Waals surface area contributed by atoms with Crippen LogP contribution in [0.2, 0.25) is 0 Å². The van der Waals surface area contributed by atoms with Gasteiger partial charge in [0.1, 0.15) is 0 Å². The van der Waals surface area contributed by atoms with Crippen LogP contribution in [0.3, 0.4) is 0 Å². The molecule has 3 nitrogen and oxygen atoms in total. The lowest BCUT2D eigenvalue weighted by molar-refractivity contribution is 0.170. The molecule has 0 saturated heterocycles. The Hall–Kier alpha value is -1.29. The number of rotatable bonds is 2. The average molecular weight is 198 g/mol. The van der Waals surface area contributed by atoms with Gasteiger partial charge in [-0.3, -0.25) is 0 Å². The summed E-state index contributed by atoms with van der Waals surface area (Å²) in [6, 6.07) is 3.27. The number of aliphatic hydroxyl groups excluding tert-OH is 1. The number of fused-ring (bicyclic) bond motifs is 1. The average Bonchev–Trinajstić information content (AvgIpc) is 2.66. The van der Waals surface area contributed by atoms with Crippen LogP contribution in [0.4, 0.5) is 4.39 Å². The molecule has 2 rings (SSSR count). The molecular weight excluding hydrogens is 187 g/mol. The fraction of sp³-hybridized carbons (Fsp3) is 0.400. The van der Waals surface area contributed by atoms with Crippen LogP contribution in [0.15, 0.2) is 12.1 Å². The van der Waals surface area contributed by atoms with Gasteiger partial charge in [0.15, 0.2) is 11.6 Å². The highest BCUT2D eigenvalue weighted by Gasteiger charge is 2.22. The van der Waals surface area contributed by atoms with Crippen LogP contribution in [-0.4, -0.2) is 18.5 Å². The van der Waals surface area contributed by atoms with E-state index in [4.69, 9.17) is 14.6 Å². The SMILES string of the molecule is CC(CO)c1ccc2c(c1F)OCO2. The van der Waals surface area contributed by atoms with E-state index in [0.717, 1.165) is 0 Å². The highest BCUT2D eigenvalue weighted by Crippen LogP contribution is 2.38. The van der Waals surface area contributed by atoms with Crippen LogP contribution in [0.5, 0.6) is 11.5 Å². The lowest BCUT2D eigenvalue weighted by Gasteiger charge is -2.10. The molecule has 1 N–H and O–H groups in total. The molecule has 1 unspecified atom stereocenters. The van der Waals surface area contributed by atoms with Gasteiger partial charge in [0, 0.05) is 12.5 Å². The van der Waals surface area contributed by atoms with Crippen LogP contribution in [-0.2, 0) is 0 Å². The molecule has 1 aromatic rings. The van der Waals surface area contributed by atoms with Crippen molar-refractivity contribution >= 4 is 0 Å². The minimum Gasteiger partial charge on any atom is -0.453 e. The van der Waals surface area contributed by atoms with Gasteiger partial charge in [0.2, 0.25) is 12.5 Å². The molecule has 1 atom stereocenters. The molecule has 0 aromatic heterocycles. The van der Waals surface area contributed by atoms with Crippen molar-refractivity contribution in [2.24, 2.45) is 0 Å². The summed E-state index contributed by atoms with van der Waals surface area (Å²) in [5, 5.41) is 8.92. The Morgan fingerprint density at radius 3 is 3.00 bits per heavy atom. The molecule has 0 amide bonds. The fourth-order valence-corrected chi connectivity index (χ4v) is 1.43. The first-order valence-corrected chi connectivity index (χ1v) is 4.43. The van der Waals surface area contributed by atoms with Crippen LogP contribution in [0.25, 0.3) is 0 Å². The molecule has 0 fully saturated rings. The van der Waals surface area contributed by atoms with E-state index in [9.17, 15) is 4.39 Å². The Bertz CT molecular complexity index is 351. The molecule has 0 saturated carbocycles. The van der Waals surface area contributed by atoms with Gasteiger partial charge in [-0.15, -0.1) is 0 Å². The Morgan fingerprint density at radius 1 is 1.50 bits per heavy atom. The van der Waals surface area contributed by atoms with Crippen molar-refractivity contribution < 1.29 is 19.0 Å². The molecule has 4 heteroatoms. The Morgan fingerprint density at radius 2 is 2.29 bits per heavy atom. The minimum atomic E-state index is -0.429. The van der Waals surface area contributed by atoms with Gasteiger partial charge in [0.05, 0.1) is 0 Å². The zero-order valence-corrected chi connectivity index (χ0v) is 7.79. The second-order valence-corrected chi connectivity index (χ2v) is 3.29. The van der Waals surface area contributed by atoms with Gasteiger partial charge < -0.3 is 14.6 Å². The lowest BCUT2D eigenvalue weighted by atomic mass is 10.0. The minimum absolute atomic E-state index is 0.0587. The van der Waals surface area contributed by atoms with E-state index in [0.29, 0.717) is 11.3 Å². The van der Waals surface area contributed by atoms with Crippen LogP contribution in [0, 0.1) is 5.82 Å². The Balaban J connectivity index is 2.44. The van der Waals surface area contributed by atoms with Crippen LogP contribution in [0.1, 0.15) is 18.4 Å². The van der Waals surface area contributed by atoms with Crippen molar-refractivity contribution in [1.82, 2.24) is 0 Å². The van der Waals surface area contributed by atoms with E-state index in [1.807, 2.05) is 0 Å². The first kappa shape index (κ1) is 9.27. The van der Waals surface area contributed by atoms with Gasteiger partial charge >= 0.3 is 0 Å². The predicted octanol–water partition coefficient (Wildman–Crippen LogP) is 1.65. The maximum absolute atomic E-state index is 13.7. The summed E-state index contributed by atoms with van der Waals surface area (Å²) in [6.07, 6.45) is 0. The largest absolute Gasteiger partial charge is 0.453 e. The van der Waals surface area contributed by atoms with E-state index < -0.39 is 5.82 Å². The highest BCUT2D eigenvalue weighted by atomic mass is 19.1. The third kappa shape index (κ3) is 1.32. The monoisotopic (exact) mass is 198 g/mol. The number of benzene rings is 1. The zero-order valence-electron chi connectivity index (χ0n) is 7.79. The normalized spacial score (nSPS) is 15.6. The fourth-order valence-electron chi connectivity index (χ4n) is 1.43. The Labute approximate surface area is 81.1 Å². The molecule has 1 heterocycles. The summed E-state index contributed by atoms with van der Waals surface area (Å²) in [5.41, 5.74) is 0.455. The third-order valence-corrected chi connectivity index (χ3v) is 2.31. The second-order valence-electron chi connectivity index (χ2n) is 3.29. The molecule has 14 heavy (non-hydrogen) atoms. The standard InChI is InChI=1S/C10H11FO3/c1-6(4-12)7-2-3-8-10(9(7)11)14-5-13-8/h2-3,6,12H,4-5H2,1H3. The van der Waals surface area contributed by atoms with E-state index in [1.165, 1.54) is 0 Å².